The third-order valence-electron chi connectivity index (χ3n) is 3.83. The number of nitrogens with zero attached hydrogens (tertiary/aromatic N) is 1. The number of rotatable bonds is 2. The molecule has 114 valence electrons. The molecule has 4 heteroatoms. The molecule has 0 bridgehead atoms. The maximum Gasteiger partial charge on any atom is 0.238 e. The molecule has 0 N–H and O–H groups in total. The molecule has 1 fully saturated rings. The lowest BCUT2D eigenvalue weighted by Gasteiger charge is -2.26. The summed E-state index contributed by atoms with van der Waals surface area (Å²) in [6.45, 7) is 6.01. The van der Waals surface area contributed by atoms with Crippen molar-refractivity contribution in [3.8, 4) is 0 Å². The van der Waals surface area contributed by atoms with Crippen LogP contribution in [-0.2, 0) is 4.79 Å². The summed E-state index contributed by atoms with van der Waals surface area (Å²) < 4.78 is 13.6. The van der Waals surface area contributed by atoms with Crippen molar-refractivity contribution >= 4 is 23.4 Å². The average Bonchev–Trinajstić information content (AvgIpc) is 2.82. The highest BCUT2D eigenvalue weighted by molar-refractivity contribution is 8.00. The Bertz CT molecular complexity index is 724. The average molecular weight is 315 g/mol. The number of benzene rings is 2. The van der Waals surface area contributed by atoms with Crippen LogP contribution in [0.2, 0.25) is 0 Å². The molecule has 0 radical (unpaired) electrons. The fourth-order valence-electron chi connectivity index (χ4n) is 2.93. The molecule has 2 nitrogen and oxygen atoms in total. The lowest BCUT2D eigenvalue weighted by atomic mass is 10.1. The number of thioether (sulfide) groups is 1. The normalized spacial score (nSPS) is 18.1. The van der Waals surface area contributed by atoms with Crippen LogP contribution >= 0.6 is 11.8 Å². The van der Waals surface area contributed by atoms with Gasteiger partial charge in [0.25, 0.3) is 0 Å². The molecule has 3 rings (SSSR count). The Morgan fingerprint density at radius 2 is 1.77 bits per heavy atom. The molecule has 2 aromatic carbocycles. The van der Waals surface area contributed by atoms with Gasteiger partial charge in [-0.05, 0) is 44.0 Å². The Morgan fingerprint density at radius 3 is 2.45 bits per heavy atom. The van der Waals surface area contributed by atoms with Gasteiger partial charge in [0, 0.05) is 0 Å². The SMILES string of the molecule is Cc1cc(C)cc(C2SCC(=O)N2c2cc(F)ccc2C)c1. The lowest BCUT2D eigenvalue weighted by Crippen LogP contribution is -2.28. The Labute approximate surface area is 134 Å². The molecule has 0 aromatic heterocycles. The van der Waals surface area contributed by atoms with Crippen molar-refractivity contribution in [2.24, 2.45) is 0 Å². The van der Waals surface area contributed by atoms with Gasteiger partial charge in [-0.2, -0.15) is 0 Å². The van der Waals surface area contributed by atoms with Crippen molar-refractivity contribution in [1.29, 1.82) is 0 Å². The van der Waals surface area contributed by atoms with Crippen LogP contribution in [0, 0.1) is 26.6 Å². The first-order chi connectivity index (χ1) is 10.5. The van der Waals surface area contributed by atoms with Gasteiger partial charge in [0.2, 0.25) is 5.91 Å². The minimum atomic E-state index is -0.315. The van der Waals surface area contributed by atoms with E-state index in [1.165, 1.54) is 23.3 Å². The topological polar surface area (TPSA) is 20.3 Å². The van der Waals surface area contributed by atoms with E-state index in [9.17, 15) is 9.18 Å². The Kier molecular flexibility index (Phi) is 3.96. The maximum absolute atomic E-state index is 13.6. The van der Waals surface area contributed by atoms with Crippen LogP contribution in [0.25, 0.3) is 0 Å². The first kappa shape index (κ1) is 15.1. The minimum Gasteiger partial charge on any atom is -0.295 e. The highest BCUT2D eigenvalue weighted by Crippen LogP contribution is 2.43. The van der Waals surface area contributed by atoms with Crippen molar-refractivity contribution in [1.82, 2.24) is 0 Å². The third kappa shape index (κ3) is 2.75. The molecular weight excluding hydrogens is 297 g/mol. The van der Waals surface area contributed by atoms with Gasteiger partial charge in [-0.3, -0.25) is 9.69 Å². The number of halogens is 1. The van der Waals surface area contributed by atoms with Gasteiger partial charge < -0.3 is 0 Å². The van der Waals surface area contributed by atoms with Gasteiger partial charge in [-0.25, -0.2) is 4.39 Å². The van der Waals surface area contributed by atoms with E-state index in [0.717, 1.165) is 11.1 Å². The predicted octanol–water partition coefficient (Wildman–Crippen LogP) is 4.53. The molecule has 1 aliphatic rings. The smallest absolute Gasteiger partial charge is 0.238 e. The zero-order valence-electron chi connectivity index (χ0n) is 12.9. The van der Waals surface area contributed by atoms with Gasteiger partial charge >= 0.3 is 0 Å². The molecule has 1 heterocycles. The first-order valence-electron chi connectivity index (χ1n) is 7.24. The van der Waals surface area contributed by atoms with Crippen LogP contribution < -0.4 is 4.90 Å². The Hall–Kier alpha value is -1.81. The van der Waals surface area contributed by atoms with Crippen molar-refractivity contribution in [3.05, 3.63) is 64.5 Å². The van der Waals surface area contributed by atoms with E-state index >= 15 is 0 Å². The minimum absolute atomic E-state index is 0.0304. The van der Waals surface area contributed by atoms with E-state index in [2.05, 4.69) is 32.0 Å². The standard InChI is InChI=1S/C18H18FNOS/c1-11-6-12(2)8-14(7-11)18-20(17(21)10-22-18)16-9-15(19)5-4-13(16)3/h4-9,18H,10H2,1-3H3. The number of carbonyl (C=O) groups excluding carboxylic acids is 1. The summed E-state index contributed by atoms with van der Waals surface area (Å²) in [6.07, 6.45) is 0. The van der Waals surface area contributed by atoms with Gasteiger partial charge in [0.1, 0.15) is 11.2 Å². The van der Waals surface area contributed by atoms with Gasteiger partial charge in [0.15, 0.2) is 0 Å². The molecular formula is C18H18FNOS. The third-order valence-corrected chi connectivity index (χ3v) is 5.04. The van der Waals surface area contributed by atoms with Crippen molar-refractivity contribution < 1.29 is 9.18 Å². The second-order valence-electron chi connectivity index (χ2n) is 5.78. The van der Waals surface area contributed by atoms with Crippen LogP contribution in [0.5, 0.6) is 0 Å². The molecule has 2 aromatic rings. The van der Waals surface area contributed by atoms with Gasteiger partial charge in [-0.1, -0.05) is 35.4 Å². The second-order valence-corrected chi connectivity index (χ2v) is 6.85. The van der Waals surface area contributed by atoms with Gasteiger partial charge in [0.05, 0.1) is 11.4 Å². The fourth-order valence-corrected chi connectivity index (χ4v) is 4.07. The number of aryl methyl sites for hydroxylation is 3. The summed E-state index contributed by atoms with van der Waals surface area (Å²) in [5.74, 6) is 0.139. The van der Waals surface area contributed by atoms with Crippen molar-refractivity contribution in [2.75, 3.05) is 10.7 Å². The van der Waals surface area contributed by atoms with E-state index in [0.29, 0.717) is 11.4 Å². The van der Waals surface area contributed by atoms with Crippen LogP contribution in [-0.4, -0.2) is 11.7 Å². The maximum atomic E-state index is 13.6. The van der Waals surface area contributed by atoms with E-state index in [1.807, 2.05) is 6.92 Å². The van der Waals surface area contributed by atoms with Crippen LogP contribution in [0.4, 0.5) is 10.1 Å². The number of carbonyl (C=O) groups is 1. The Balaban J connectivity index is 2.08. The van der Waals surface area contributed by atoms with E-state index in [4.69, 9.17) is 0 Å². The zero-order chi connectivity index (χ0) is 15.9. The van der Waals surface area contributed by atoms with Crippen molar-refractivity contribution in [3.63, 3.8) is 0 Å². The summed E-state index contributed by atoms with van der Waals surface area (Å²) in [6, 6.07) is 10.9. The van der Waals surface area contributed by atoms with E-state index in [1.54, 1.807) is 22.7 Å². The summed E-state index contributed by atoms with van der Waals surface area (Å²) >= 11 is 1.59. The number of anilines is 1. The predicted molar refractivity (Wildman–Crippen MR) is 89.7 cm³/mol. The quantitative estimate of drug-likeness (QED) is 0.811. The second kappa shape index (κ2) is 5.76. The molecule has 1 aliphatic heterocycles. The van der Waals surface area contributed by atoms with E-state index < -0.39 is 0 Å². The van der Waals surface area contributed by atoms with Gasteiger partial charge in [-0.15, -0.1) is 11.8 Å². The zero-order valence-corrected chi connectivity index (χ0v) is 13.7. The van der Waals surface area contributed by atoms with E-state index in [-0.39, 0.29) is 17.1 Å². The lowest BCUT2D eigenvalue weighted by molar-refractivity contribution is -0.115. The molecule has 1 amide bonds. The monoisotopic (exact) mass is 315 g/mol. The highest BCUT2D eigenvalue weighted by atomic mass is 32.2. The highest BCUT2D eigenvalue weighted by Gasteiger charge is 2.35. The number of hydrogen-bond donors (Lipinski definition) is 0. The molecule has 1 saturated heterocycles. The summed E-state index contributed by atoms with van der Waals surface area (Å²) in [7, 11) is 0. The molecule has 1 atom stereocenters. The molecule has 22 heavy (non-hydrogen) atoms. The largest absolute Gasteiger partial charge is 0.295 e. The fraction of sp³-hybridized carbons (Fsp3) is 0.278. The summed E-state index contributed by atoms with van der Waals surface area (Å²) in [5, 5.41) is -0.0911. The summed E-state index contributed by atoms with van der Waals surface area (Å²) in [5.41, 5.74) is 5.01. The Morgan fingerprint density at radius 1 is 1.09 bits per heavy atom. The number of hydrogen-bond acceptors (Lipinski definition) is 2. The van der Waals surface area contributed by atoms with Crippen molar-refractivity contribution in [2.45, 2.75) is 26.1 Å². The molecule has 1 unspecified atom stereocenters. The number of amides is 1. The summed E-state index contributed by atoms with van der Waals surface area (Å²) in [4.78, 5) is 14.1. The molecule has 0 saturated carbocycles. The molecule has 0 aliphatic carbocycles. The molecule has 0 spiro atoms. The first-order valence-corrected chi connectivity index (χ1v) is 8.28. The van der Waals surface area contributed by atoms with Crippen LogP contribution in [0.1, 0.15) is 27.6 Å². The van der Waals surface area contributed by atoms with Crippen LogP contribution in [0.15, 0.2) is 36.4 Å². The van der Waals surface area contributed by atoms with Crippen LogP contribution in [0.3, 0.4) is 0 Å².